The number of benzene rings is 1. The maximum absolute atomic E-state index is 13.0. The molecule has 24 heavy (non-hydrogen) atoms. The average Bonchev–Trinajstić information content (AvgIpc) is 2.55. The number of rotatable bonds is 4. The Labute approximate surface area is 147 Å². The average molecular weight is 364 g/mol. The first-order valence-corrected chi connectivity index (χ1v) is 7.93. The second-order valence-electron chi connectivity index (χ2n) is 5.96. The van der Waals surface area contributed by atoms with Crippen LogP contribution >= 0.6 is 12.4 Å². The maximum Gasteiger partial charge on any atom is 0.323 e. The minimum absolute atomic E-state index is 0. The van der Waals surface area contributed by atoms with Crippen LogP contribution in [0.15, 0.2) is 30.3 Å². The molecule has 0 unspecified atom stereocenters. The topological polar surface area (TPSA) is 61.5 Å². The van der Waals surface area contributed by atoms with Crippen molar-refractivity contribution in [2.45, 2.75) is 57.3 Å². The van der Waals surface area contributed by atoms with Crippen molar-refractivity contribution >= 4 is 18.4 Å². The van der Waals surface area contributed by atoms with E-state index in [1.54, 1.807) is 31.2 Å². The molecule has 2 N–H and O–H groups in total. The van der Waals surface area contributed by atoms with E-state index in [0.717, 1.165) is 0 Å². The van der Waals surface area contributed by atoms with E-state index in [1.807, 2.05) is 6.07 Å². The highest BCUT2D eigenvalue weighted by Crippen LogP contribution is 2.29. The van der Waals surface area contributed by atoms with Crippen LogP contribution in [0.2, 0.25) is 0 Å². The zero-order chi connectivity index (χ0) is 16.8. The van der Waals surface area contributed by atoms with Crippen LogP contribution in [0.25, 0.3) is 0 Å². The Morgan fingerprint density at radius 3 is 2.58 bits per heavy atom. The molecule has 0 saturated carbocycles. The summed E-state index contributed by atoms with van der Waals surface area (Å²) in [7, 11) is 0. The van der Waals surface area contributed by atoms with Crippen molar-refractivity contribution in [3.05, 3.63) is 30.3 Å². The number of halogens is 3. The number of carbonyl (C=O) groups excluding carboxylic acids is 1. The van der Waals surface area contributed by atoms with Gasteiger partial charge in [-0.2, -0.15) is 0 Å². The van der Waals surface area contributed by atoms with Crippen LogP contribution in [0.1, 0.15) is 32.6 Å². The van der Waals surface area contributed by atoms with Crippen LogP contribution in [-0.4, -0.2) is 30.6 Å². The molecule has 2 rings (SSSR count). The molecular formula is C17H24ClF2NO3. The van der Waals surface area contributed by atoms with Gasteiger partial charge in [0, 0.05) is 12.3 Å². The van der Waals surface area contributed by atoms with Crippen molar-refractivity contribution in [3.63, 3.8) is 0 Å². The summed E-state index contributed by atoms with van der Waals surface area (Å²) in [5.41, 5.74) is 5.76. The molecule has 1 saturated heterocycles. The number of ether oxygens (including phenoxy) is 2. The van der Waals surface area contributed by atoms with E-state index in [4.69, 9.17) is 15.2 Å². The standard InChI is InChI=1S/C17H23F2NO3.ClH/c1-11-16(23-13-7-3-2-4-8-13)12(10-15(18)19)6-5-9-14(20)17(21)22-11;/h2-4,7-8,11-12,14-16H,5-6,9-10,20H2,1H3;1H/t11-,12+,14-,16-;/m0./s1. The summed E-state index contributed by atoms with van der Waals surface area (Å²) < 4.78 is 37.2. The second kappa shape index (κ2) is 9.79. The van der Waals surface area contributed by atoms with E-state index >= 15 is 0 Å². The molecule has 0 spiro atoms. The predicted octanol–water partition coefficient (Wildman–Crippen LogP) is 3.57. The highest BCUT2D eigenvalue weighted by atomic mass is 35.5. The van der Waals surface area contributed by atoms with Gasteiger partial charge >= 0.3 is 5.97 Å². The van der Waals surface area contributed by atoms with Crippen molar-refractivity contribution in [1.29, 1.82) is 0 Å². The number of nitrogens with two attached hydrogens (primary N) is 1. The van der Waals surface area contributed by atoms with Gasteiger partial charge in [0.25, 0.3) is 0 Å². The molecule has 1 aliphatic rings. The van der Waals surface area contributed by atoms with Crippen molar-refractivity contribution in [1.82, 2.24) is 0 Å². The number of para-hydroxylation sites is 1. The van der Waals surface area contributed by atoms with Crippen LogP contribution in [-0.2, 0) is 9.53 Å². The van der Waals surface area contributed by atoms with Gasteiger partial charge in [0.05, 0.1) is 0 Å². The van der Waals surface area contributed by atoms with Gasteiger partial charge in [-0.1, -0.05) is 24.6 Å². The van der Waals surface area contributed by atoms with Gasteiger partial charge in [-0.15, -0.1) is 12.4 Å². The lowest BCUT2D eigenvalue weighted by atomic mass is 9.89. The third-order valence-electron chi connectivity index (χ3n) is 4.12. The summed E-state index contributed by atoms with van der Waals surface area (Å²) in [5.74, 6) is -0.330. The Morgan fingerprint density at radius 2 is 1.96 bits per heavy atom. The van der Waals surface area contributed by atoms with Gasteiger partial charge < -0.3 is 15.2 Å². The number of hydrogen-bond donors (Lipinski definition) is 1. The molecule has 1 aliphatic heterocycles. The van der Waals surface area contributed by atoms with E-state index in [-0.39, 0.29) is 18.8 Å². The number of cyclic esters (lactones) is 1. The fourth-order valence-corrected chi connectivity index (χ4v) is 2.93. The quantitative estimate of drug-likeness (QED) is 0.831. The number of carbonyl (C=O) groups is 1. The molecule has 1 fully saturated rings. The van der Waals surface area contributed by atoms with Crippen LogP contribution in [0, 0.1) is 5.92 Å². The highest BCUT2D eigenvalue weighted by Gasteiger charge is 2.35. The molecule has 1 heterocycles. The third-order valence-corrected chi connectivity index (χ3v) is 4.12. The van der Waals surface area contributed by atoms with Gasteiger partial charge in [-0.25, -0.2) is 8.78 Å². The number of esters is 1. The van der Waals surface area contributed by atoms with Gasteiger partial charge in [0.15, 0.2) is 0 Å². The van der Waals surface area contributed by atoms with Gasteiger partial charge in [0.2, 0.25) is 6.43 Å². The Hall–Kier alpha value is -1.40. The van der Waals surface area contributed by atoms with Crippen molar-refractivity contribution in [3.8, 4) is 5.75 Å². The second-order valence-corrected chi connectivity index (χ2v) is 5.96. The normalized spacial score (nSPS) is 28.1. The molecule has 1 aromatic carbocycles. The molecule has 1 aromatic rings. The van der Waals surface area contributed by atoms with Crippen LogP contribution in [0.3, 0.4) is 0 Å². The van der Waals surface area contributed by atoms with Crippen molar-refractivity contribution < 1.29 is 23.0 Å². The minimum Gasteiger partial charge on any atom is -0.486 e. The summed E-state index contributed by atoms with van der Waals surface area (Å²) in [6, 6.07) is 8.26. The lowest BCUT2D eigenvalue weighted by Gasteiger charge is -2.31. The van der Waals surface area contributed by atoms with E-state index in [0.29, 0.717) is 25.0 Å². The van der Waals surface area contributed by atoms with E-state index in [9.17, 15) is 13.6 Å². The molecule has 136 valence electrons. The highest BCUT2D eigenvalue weighted by molar-refractivity contribution is 5.85. The summed E-state index contributed by atoms with van der Waals surface area (Å²) in [6.45, 7) is 1.67. The third kappa shape index (κ3) is 5.91. The molecule has 0 radical (unpaired) electrons. The van der Waals surface area contributed by atoms with Crippen molar-refractivity contribution in [2.24, 2.45) is 11.7 Å². The summed E-state index contributed by atoms with van der Waals surface area (Å²) in [5, 5.41) is 0. The van der Waals surface area contributed by atoms with E-state index < -0.39 is 36.6 Å². The Morgan fingerprint density at radius 1 is 1.29 bits per heavy atom. The summed E-state index contributed by atoms with van der Waals surface area (Å²) in [4.78, 5) is 11.9. The van der Waals surface area contributed by atoms with E-state index in [1.165, 1.54) is 0 Å². The molecule has 0 bridgehead atoms. The molecule has 4 atom stereocenters. The monoisotopic (exact) mass is 363 g/mol. The van der Waals surface area contributed by atoms with Gasteiger partial charge in [-0.05, 0) is 31.9 Å². The SMILES string of the molecule is C[C@@H]1OC(=O)[C@@H](N)CCC[C@H](CC(F)F)[C@H]1Oc1ccccc1.Cl. The van der Waals surface area contributed by atoms with Gasteiger partial charge in [-0.3, -0.25) is 4.79 Å². The molecule has 0 amide bonds. The Bertz CT molecular complexity index is 504. The Kier molecular flexibility index (Phi) is 8.42. The van der Waals surface area contributed by atoms with Crippen molar-refractivity contribution in [2.75, 3.05) is 0 Å². The van der Waals surface area contributed by atoms with Crippen LogP contribution in [0.5, 0.6) is 5.75 Å². The molecule has 7 heteroatoms. The first kappa shape index (κ1) is 20.6. The number of alkyl halides is 2. The fourth-order valence-electron chi connectivity index (χ4n) is 2.93. The molecule has 4 nitrogen and oxygen atoms in total. The molecular weight excluding hydrogens is 340 g/mol. The fraction of sp³-hybridized carbons (Fsp3) is 0.588. The van der Waals surface area contributed by atoms with Crippen LogP contribution < -0.4 is 10.5 Å². The summed E-state index contributed by atoms with van der Waals surface area (Å²) >= 11 is 0. The maximum atomic E-state index is 13.0. The first-order valence-electron chi connectivity index (χ1n) is 7.93. The van der Waals surface area contributed by atoms with Gasteiger partial charge in [0.1, 0.15) is 24.0 Å². The smallest absolute Gasteiger partial charge is 0.323 e. The predicted molar refractivity (Wildman–Crippen MR) is 89.6 cm³/mol. The molecule has 0 aromatic heterocycles. The zero-order valence-electron chi connectivity index (χ0n) is 13.6. The zero-order valence-corrected chi connectivity index (χ0v) is 14.4. The minimum atomic E-state index is -2.43. The molecule has 0 aliphatic carbocycles. The largest absolute Gasteiger partial charge is 0.486 e. The lowest BCUT2D eigenvalue weighted by molar-refractivity contribution is -0.155. The summed E-state index contributed by atoms with van der Waals surface area (Å²) in [6.07, 6.45) is -2.43. The Balaban J connectivity index is 0.00000288. The lowest BCUT2D eigenvalue weighted by Crippen LogP contribution is -2.42. The van der Waals surface area contributed by atoms with Crippen LogP contribution in [0.4, 0.5) is 8.78 Å². The van der Waals surface area contributed by atoms with E-state index in [2.05, 4.69) is 0 Å². The first-order chi connectivity index (χ1) is 11.0. The number of hydrogen-bond acceptors (Lipinski definition) is 4.